The van der Waals surface area contributed by atoms with Crippen LogP contribution in [0.3, 0.4) is 0 Å². The molecule has 1 aromatic carbocycles. The number of anilines is 1. The first-order valence-corrected chi connectivity index (χ1v) is 11.8. The molecule has 0 atom stereocenters. The molecule has 2 aromatic heterocycles. The van der Waals surface area contributed by atoms with Crippen molar-refractivity contribution in [1.29, 1.82) is 0 Å². The number of carbonyl (C=O) groups is 3. The fourth-order valence-electron chi connectivity index (χ4n) is 3.19. The molecule has 0 unspecified atom stereocenters. The van der Waals surface area contributed by atoms with Crippen LogP contribution in [-0.4, -0.2) is 56.6 Å². The summed E-state index contributed by atoms with van der Waals surface area (Å²) in [5, 5.41) is 0.624. The number of nitrogens with two attached hydrogens (primary N) is 1. The van der Waals surface area contributed by atoms with Gasteiger partial charge in [0.05, 0.1) is 13.2 Å². The van der Waals surface area contributed by atoms with E-state index < -0.39 is 11.9 Å². The number of thioether (sulfide) groups is 1. The molecular weight excluding hydrogens is 458 g/mol. The predicted molar refractivity (Wildman–Crippen MR) is 127 cm³/mol. The van der Waals surface area contributed by atoms with Gasteiger partial charge in [-0.15, -0.1) is 11.8 Å². The maximum atomic E-state index is 12.4. The SMILES string of the molecule is CC(=O)OCC(CCc1nc2nc(N)nc(SCCC(=O)c3ccccc3)c2[nH]1)COC(C)=O. The zero-order chi connectivity index (χ0) is 24.5. The van der Waals surface area contributed by atoms with E-state index in [9.17, 15) is 14.4 Å². The van der Waals surface area contributed by atoms with Gasteiger partial charge in [0.25, 0.3) is 0 Å². The lowest BCUT2D eigenvalue weighted by molar-refractivity contribution is -0.146. The van der Waals surface area contributed by atoms with Gasteiger partial charge in [0, 0.05) is 43.9 Å². The van der Waals surface area contributed by atoms with Crippen molar-refractivity contribution in [3.05, 3.63) is 41.7 Å². The largest absolute Gasteiger partial charge is 0.465 e. The van der Waals surface area contributed by atoms with Gasteiger partial charge in [-0.25, -0.2) is 9.97 Å². The standard InChI is InChI=1S/C23H27N5O5S/c1-14(29)32-12-16(13-33-15(2)30)8-9-19-25-20-21(26-19)27-23(24)28-22(20)34-11-10-18(31)17-6-4-3-5-7-17/h3-7,16H,8-13H2,1-2H3,(H3,24,25,26,27,28). The summed E-state index contributed by atoms with van der Waals surface area (Å²) >= 11 is 1.41. The van der Waals surface area contributed by atoms with Crippen LogP contribution < -0.4 is 5.73 Å². The zero-order valence-corrected chi connectivity index (χ0v) is 19.9. The van der Waals surface area contributed by atoms with Gasteiger partial charge >= 0.3 is 11.9 Å². The van der Waals surface area contributed by atoms with Crippen molar-refractivity contribution in [1.82, 2.24) is 19.9 Å². The van der Waals surface area contributed by atoms with E-state index in [1.807, 2.05) is 18.2 Å². The summed E-state index contributed by atoms with van der Waals surface area (Å²) in [6.45, 7) is 2.95. The highest BCUT2D eigenvalue weighted by Gasteiger charge is 2.17. The van der Waals surface area contributed by atoms with E-state index in [0.29, 0.717) is 52.6 Å². The normalized spacial score (nSPS) is 11.0. The number of fused-ring (bicyclic) bond motifs is 1. The number of carbonyl (C=O) groups excluding carboxylic acids is 3. The van der Waals surface area contributed by atoms with Crippen molar-refractivity contribution < 1.29 is 23.9 Å². The Morgan fingerprint density at radius 1 is 1.03 bits per heavy atom. The fourth-order valence-corrected chi connectivity index (χ4v) is 4.12. The van der Waals surface area contributed by atoms with Crippen LogP contribution in [0.15, 0.2) is 35.4 Å². The molecule has 10 nitrogen and oxygen atoms in total. The molecule has 0 saturated carbocycles. The summed E-state index contributed by atoms with van der Waals surface area (Å²) in [6, 6.07) is 9.14. The van der Waals surface area contributed by atoms with E-state index in [1.165, 1.54) is 25.6 Å². The van der Waals surface area contributed by atoms with Crippen LogP contribution in [0.2, 0.25) is 0 Å². The number of hydrogen-bond acceptors (Lipinski definition) is 10. The monoisotopic (exact) mass is 485 g/mol. The van der Waals surface area contributed by atoms with Crippen molar-refractivity contribution in [2.24, 2.45) is 5.92 Å². The number of hydrogen-bond donors (Lipinski definition) is 2. The Hall–Kier alpha value is -3.47. The van der Waals surface area contributed by atoms with E-state index in [1.54, 1.807) is 12.1 Å². The molecule has 0 aliphatic carbocycles. The van der Waals surface area contributed by atoms with Gasteiger partial charge in [0.15, 0.2) is 11.4 Å². The number of ketones is 1. The smallest absolute Gasteiger partial charge is 0.302 e. The third kappa shape index (κ3) is 7.55. The van der Waals surface area contributed by atoms with Crippen LogP contribution >= 0.6 is 11.8 Å². The second-order valence-electron chi connectivity index (χ2n) is 7.67. The number of nitrogen functional groups attached to an aromatic ring is 1. The number of H-pyrrole nitrogens is 1. The lowest BCUT2D eigenvalue weighted by Crippen LogP contribution is -2.20. The molecule has 3 aromatic rings. The minimum absolute atomic E-state index is 0.0586. The van der Waals surface area contributed by atoms with Crippen molar-refractivity contribution in [3.63, 3.8) is 0 Å². The molecule has 180 valence electrons. The Morgan fingerprint density at radius 2 is 1.71 bits per heavy atom. The molecule has 0 spiro atoms. The molecule has 0 aliphatic heterocycles. The van der Waals surface area contributed by atoms with Crippen molar-refractivity contribution >= 4 is 46.6 Å². The van der Waals surface area contributed by atoms with Gasteiger partial charge in [-0.2, -0.15) is 4.98 Å². The number of aromatic amines is 1. The molecule has 0 aliphatic rings. The number of esters is 2. The number of imidazole rings is 1. The first kappa shape index (κ1) is 25.2. The second-order valence-corrected chi connectivity index (χ2v) is 8.75. The molecular formula is C23H27N5O5S. The molecule has 3 N–H and O–H groups in total. The summed E-state index contributed by atoms with van der Waals surface area (Å²) in [6.07, 6.45) is 1.44. The summed E-state index contributed by atoms with van der Waals surface area (Å²) < 4.78 is 10.2. The maximum Gasteiger partial charge on any atom is 0.302 e. The van der Waals surface area contributed by atoms with E-state index in [0.717, 1.165) is 0 Å². The third-order valence-corrected chi connectivity index (χ3v) is 5.86. The van der Waals surface area contributed by atoms with Crippen molar-refractivity contribution in [2.45, 2.75) is 38.1 Å². The first-order valence-electron chi connectivity index (χ1n) is 10.8. The molecule has 0 amide bonds. The van der Waals surface area contributed by atoms with Gasteiger partial charge in [0.2, 0.25) is 5.95 Å². The van der Waals surface area contributed by atoms with Gasteiger partial charge < -0.3 is 20.2 Å². The van der Waals surface area contributed by atoms with Gasteiger partial charge in [-0.3, -0.25) is 14.4 Å². The van der Waals surface area contributed by atoms with E-state index >= 15 is 0 Å². The molecule has 2 heterocycles. The predicted octanol–water partition coefficient (Wildman–Crippen LogP) is 2.98. The number of aryl methyl sites for hydroxylation is 1. The average molecular weight is 486 g/mol. The van der Waals surface area contributed by atoms with Gasteiger partial charge in [-0.1, -0.05) is 30.3 Å². The number of rotatable bonds is 12. The highest BCUT2D eigenvalue weighted by molar-refractivity contribution is 7.99. The summed E-state index contributed by atoms with van der Waals surface area (Å²) in [4.78, 5) is 50.9. The number of Topliss-reactive ketones (excluding diaryl/α,β-unsaturated/α-hetero) is 1. The van der Waals surface area contributed by atoms with Crippen LogP contribution in [0.5, 0.6) is 0 Å². The Balaban J connectivity index is 1.64. The number of benzene rings is 1. The Kier molecular flexibility index (Phi) is 8.97. The highest BCUT2D eigenvalue weighted by atomic mass is 32.2. The maximum absolute atomic E-state index is 12.4. The minimum atomic E-state index is -0.394. The fraction of sp³-hybridized carbons (Fsp3) is 0.391. The molecule has 0 radical (unpaired) electrons. The lowest BCUT2D eigenvalue weighted by Gasteiger charge is -2.15. The van der Waals surface area contributed by atoms with Crippen LogP contribution in [0, 0.1) is 5.92 Å². The molecule has 11 heteroatoms. The molecule has 0 saturated heterocycles. The Morgan fingerprint density at radius 3 is 2.35 bits per heavy atom. The molecule has 3 rings (SSSR count). The van der Waals surface area contributed by atoms with Crippen LogP contribution in [0.1, 0.15) is 42.9 Å². The van der Waals surface area contributed by atoms with Gasteiger partial charge in [-0.05, 0) is 6.42 Å². The van der Waals surface area contributed by atoms with Gasteiger partial charge in [0.1, 0.15) is 16.4 Å². The summed E-state index contributed by atoms with van der Waals surface area (Å²) in [7, 11) is 0. The molecule has 34 heavy (non-hydrogen) atoms. The highest BCUT2D eigenvalue weighted by Crippen LogP contribution is 2.26. The number of ether oxygens (including phenoxy) is 2. The van der Waals surface area contributed by atoms with E-state index in [4.69, 9.17) is 15.2 Å². The third-order valence-electron chi connectivity index (χ3n) is 4.88. The average Bonchev–Trinajstić information content (AvgIpc) is 3.21. The van der Waals surface area contributed by atoms with Crippen molar-refractivity contribution in [3.8, 4) is 0 Å². The van der Waals surface area contributed by atoms with Crippen molar-refractivity contribution in [2.75, 3.05) is 24.7 Å². The lowest BCUT2D eigenvalue weighted by atomic mass is 10.1. The Labute approximate surface area is 201 Å². The number of aromatic nitrogens is 4. The number of nitrogens with zero attached hydrogens (tertiary/aromatic N) is 3. The zero-order valence-electron chi connectivity index (χ0n) is 19.1. The molecule has 0 bridgehead atoms. The summed E-state index contributed by atoms with van der Waals surface area (Å²) in [5.74, 6) is 0.390. The quantitative estimate of drug-likeness (QED) is 0.170. The van der Waals surface area contributed by atoms with E-state index in [2.05, 4.69) is 19.9 Å². The van der Waals surface area contributed by atoms with E-state index in [-0.39, 0.29) is 30.9 Å². The Bertz CT molecular complexity index is 1130. The van der Waals surface area contributed by atoms with Crippen LogP contribution in [-0.2, 0) is 25.5 Å². The molecule has 0 fully saturated rings. The number of nitrogens with one attached hydrogen (secondary N) is 1. The van der Waals surface area contributed by atoms with Crippen LogP contribution in [0.25, 0.3) is 11.2 Å². The topological polar surface area (TPSA) is 150 Å². The second kappa shape index (κ2) is 12.1. The van der Waals surface area contributed by atoms with Crippen LogP contribution in [0.4, 0.5) is 5.95 Å². The minimum Gasteiger partial charge on any atom is -0.465 e. The first-order chi connectivity index (χ1) is 16.3. The summed E-state index contributed by atoms with van der Waals surface area (Å²) in [5.41, 5.74) is 7.63.